The number of fused-ring (bicyclic) bond motifs is 1. The van der Waals surface area contributed by atoms with Crippen LogP contribution in [0.5, 0.6) is 11.5 Å². The monoisotopic (exact) mass is 666 g/mol. The average molecular weight is 667 g/mol. The van der Waals surface area contributed by atoms with Crippen LogP contribution in [0.15, 0.2) is 63.7 Å². The molecule has 0 aliphatic heterocycles. The molecule has 0 unspecified atom stereocenters. The smallest absolute Gasteiger partial charge is 0.296 e. The van der Waals surface area contributed by atoms with Crippen molar-refractivity contribution in [2.45, 2.75) is 17.7 Å². The van der Waals surface area contributed by atoms with E-state index in [1.807, 2.05) is 0 Å². The summed E-state index contributed by atoms with van der Waals surface area (Å²) in [5.74, 6) is -1.13. The van der Waals surface area contributed by atoms with E-state index in [2.05, 4.69) is 30.5 Å². The topological polar surface area (TPSA) is 249 Å². The molecular formula is C26H26ClN9NaO7S. The summed E-state index contributed by atoms with van der Waals surface area (Å²) in [5.41, 5.74) is 10.7. The van der Waals surface area contributed by atoms with Crippen LogP contribution in [0.2, 0.25) is 5.28 Å². The van der Waals surface area contributed by atoms with Crippen LogP contribution in [0, 0.1) is 0 Å². The quantitative estimate of drug-likeness (QED) is 0.0785. The fraction of sp³-hybridized carbons (Fsp3) is 0.192. The number of phenols is 1. The number of amides is 2. The number of benzene rings is 3. The zero-order valence-electron chi connectivity index (χ0n) is 24.0. The zero-order chi connectivity index (χ0) is 32.0. The van der Waals surface area contributed by atoms with Crippen molar-refractivity contribution < 1.29 is 32.4 Å². The molecule has 0 atom stereocenters. The second-order valence-electron chi connectivity index (χ2n) is 9.15. The summed E-state index contributed by atoms with van der Waals surface area (Å²) in [6, 6.07) is 12.0. The van der Waals surface area contributed by atoms with Gasteiger partial charge in [-0.2, -0.15) is 28.5 Å². The van der Waals surface area contributed by atoms with Gasteiger partial charge in [0.25, 0.3) is 10.1 Å². The van der Waals surface area contributed by atoms with Gasteiger partial charge in [0.2, 0.25) is 29.0 Å². The first-order valence-electron chi connectivity index (χ1n) is 12.7. The minimum atomic E-state index is -4.85. The van der Waals surface area contributed by atoms with Crippen molar-refractivity contribution in [1.29, 1.82) is 0 Å². The number of nitrogens with zero attached hydrogens (tertiary/aromatic N) is 6. The molecule has 4 aromatic rings. The number of rotatable bonds is 13. The summed E-state index contributed by atoms with van der Waals surface area (Å²) < 4.78 is 39.5. The van der Waals surface area contributed by atoms with Crippen molar-refractivity contribution in [3.8, 4) is 11.5 Å². The Bertz CT molecular complexity index is 1840. The molecule has 1 aromatic heterocycles. The molecule has 1 heterocycles. The molecule has 16 nitrogen and oxygen atoms in total. The van der Waals surface area contributed by atoms with E-state index in [4.69, 9.17) is 27.8 Å². The molecule has 1 radical (unpaired) electrons. The van der Waals surface area contributed by atoms with Crippen LogP contribution in [-0.4, -0.2) is 94.6 Å². The number of carbonyl (C=O) groups excluding carboxylic acids is 2. The molecule has 19 heteroatoms. The number of aromatic nitrogens is 3. The predicted molar refractivity (Wildman–Crippen MR) is 166 cm³/mol. The maximum absolute atomic E-state index is 12.3. The minimum Gasteiger partial charge on any atom is -0.505 e. The largest absolute Gasteiger partial charge is 0.505 e. The molecule has 231 valence electrons. The van der Waals surface area contributed by atoms with Gasteiger partial charge in [0.15, 0.2) is 5.75 Å². The summed E-state index contributed by atoms with van der Waals surface area (Å²) in [6.07, 6.45) is -0.118. The SMILES string of the molecule is COc1ccc(N=Nc2c(S(=O)(=O)O)cc3cc(Nc4nc(Cl)nc(N(CCC(N)=O)CCC(N)=O)n4)ccc3c2O)cc1.[Na]. The van der Waals surface area contributed by atoms with Gasteiger partial charge in [0.05, 0.1) is 12.8 Å². The number of ether oxygens (including phenoxy) is 1. The Morgan fingerprint density at radius 2 is 1.64 bits per heavy atom. The van der Waals surface area contributed by atoms with Crippen molar-refractivity contribution in [2.75, 3.05) is 30.4 Å². The van der Waals surface area contributed by atoms with Crippen molar-refractivity contribution in [3.05, 3.63) is 53.8 Å². The Labute approximate surface area is 283 Å². The molecule has 3 aromatic carbocycles. The van der Waals surface area contributed by atoms with Gasteiger partial charge in [0, 0.05) is 66.6 Å². The maximum atomic E-state index is 12.3. The van der Waals surface area contributed by atoms with Gasteiger partial charge in [0.1, 0.15) is 16.3 Å². The van der Waals surface area contributed by atoms with Crippen LogP contribution in [0.3, 0.4) is 0 Å². The molecule has 4 rings (SSSR count). The second-order valence-corrected chi connectivity index (χ2v) is 10.9. The number of anilines is 3. The average Bonchev–Trinajstić information content (AvgIpc) is 2.95. The molecule has 0 aliphatic carbocycles. The van der Waals surface area contributed by atoms with E-state index in [0.717, 1.165) is 6.07 Å². The van der Waals surface area contributed by atoms with Gasteiger partial charge in [-0.05, 0) is 65.5 Å². The van der Waals surface area contributed by atoms with Crippen LogP contribution < -0.4 is 26.4 Å². The third kappa shape index (κ3) is 9.43. The molecule has 0 saturated heterocycles. The third-order valence-corrected chi connectivity index (χ3v) is 7.09. The first-order valence-corrected chi connectivity index (χ1v) is 14.5. The van der Waals surface area contributed by atoms with E-state index in [9.17, 15) is 27.7 Å². The van der Waals surface area contributed by atoms with Crippen molar-refractivity contribution in [2.24, 2.45) is 21.7 Å². The number of carbonyl (C=O) groups is 2. The van der Waals surface area contributed by atoms with E-state index in [0.29, 0.717) is 17.1 Å². The Kier molecular flexibility index (Phi) is 12.0. The zero-order valence-corrected chi connectivity index (χ0v) is 27.6. The molecule has 2 amide bonds. The number of primary amides is 2. The third-order valence-electron chi connectivity index (χ3n) is 6.06. The summed E-state index contributed by atoms with van der Waals surface area (Å²) in [6.45, 7) is 0.155. The summed E-state index contributed by atoms with van der Waals surface area (Å²) in [4.78, 5) is 35.9. The molecule has 0 fully saturated rings. The number of halogens is 1. The van der Waals surface area contributed by atoms with Gasteiger partial charge < -0.3 is 31.5 Å². The minimum absolute atomic E-state index is 0. The normalized spacial score (nSPS) is 11.3. The number of methoxy groups -OCH3 is 1. The molecule has 45 heavy (non-hydrogen) atoms. The molecule has 0 aliphatic rings. The molecular weight excluding hydrogens is 641 g/mol. The van der Waals surface area contributed by atoms with Crippen LogP contribution in [0.1, 0.15) is 12.8 Å². The second kappa shape index (κ2) is 15.2. The van der Waals surface area contributed by atoms with Crippen molar-refractivity contribution in [3.63, 3.8) is 0 Å². The first kappa shape index (κ1) is 35.4. The van der Waals surface area contributed by atoms with E-state index in [-0.39, 0.29) is 83.4 Å². The Hall–Kier alpha value is -4.13. The van der Waals surface area contributed by atoms with Crippen LogP contribution in [0.4, 0.5) is 29.0 Å². The fourth-order valence-corrected chi connectivity index (χ4v) is 4.76. The number of phenolic OH excluding ortho intramolecular Hbond substituents is 1. The van der Waals surface area contributed by atoms with Gasteiger partial charge in [-0.3, -0.25) is 14.1 Å². The van der Waals surface area contributed by atoms with Crippen LogP contribution in [0.25, 0.3) is 10.8 Å². The molecule has 7 N–H and O–H groups in total. The Morgan fingerprint density at radius 3 is 2.22 bits per heavy atom. The molecule has 0 spiro atoms. The Morgan fingerprint density at radius 1 is 1.00 bits per heavy atom. The van der Waals surface area contributed by atoms with Gasteiger partial charge in [-0.1, -0.05) is 0 Å². The summed E-state index contributed by atoms with van der Waals surface area (Å²) in [5, 5.41) is 21.9. The van der Waals surface area contributed by atoms with Gasteiger partial charge in [-0.25, -0.2) is 0 Å². The van der Waals surface area contributed by atoms with E-state index >= 15 is 0 Å². The number of nitrogens with two attached hydrogens (primary N) is 2. The van der Waals surface area contributed by atoms with Crippen LogP contribution >= 0.6 is 11.6 Å². The van der Waals surface area contributed by atoms with Crippen LogP contribution in [-0.2, 0) is 19.7 Å². The fourth-order valence-electron chi connectivity index (χ4n) is 3.95. The number of hydrogen-bond acceptors (Lipinski definition) is 13. The number of hydrogen-bond donors (Lipinski definition) is 5. The van der Waals surface area contributed by atoms with Gasteiger partial charge in [-0.15, -0.1) is 5.11 Å². The van der Waals surface area contributed by atoms with E-state index in [1.54, 1.807) is 24.3 Å². The maximum Gasteiger partial charge on any atom is 0.296 e. The van der Waals surface area contributed by atoms with E-state index < -0.39 is 38.3 Å². The molecule has 0 bridgehead atoms. The molecule has 0 saturated carbocycles. The number of aromatic hydroxyl groups is 1. The number of nitrogens with one attached hydrogen (secondary N) is 1. The predicted octanol–water partition coefficient (Wildman–Crippen LogP) is 2.97. The Balaban J connectivity index is 0.00000552. The first-order chi connectivity index (χ1) is 20.8. The van der Waals surface area contributed by atoms with E-state index in [1.165, 1.54) is 30.2 Å². The number of azo groups is 1. The van der Waals surface area contributed by atoms with Crippen molar-refractivity contribution in [1.82, 2.24) is 15.0 Å². The van der Waals surface area contributed by atoms with Crippen molar-refractivity contribution >= 4 is 103 Å². The summed E-state index contributed by atoms with van der Waals surface area (Å²) >= 11 is 6.11. The standard InChI is InChI=1S/C26H26ClN9O7S.Na/c1-43-17-5-2-15(3-6-17)34-35-22-19(44(40,41)42)13-14-12-16(4-7-18(14)23(22)39)30-25-31-24(27)32-26(33-25)36(10-8-20(28)37)11-9-21(29)38;/h2-7,12-13,39H,8-11H2,1H3,(H2,28,37)(H2,29,38)(H,40,41,42)(H,30,31,32,33);. The summed E-state index contributed by atoms with van der Waals surface area (Å²) in [7, 11) is -3.36. The van der Waals surface area contributed by atoms with Gasteiger partial charge >= 0.3 is 0 Å².